The average Bonchev–Trinajstić information content (AvgIpc) is 2.58. The van der Waals surface area contributed by atoms with Crippen molar-refractivity contribution in [3.63, 3.8) is 0 Å². The van der Waals surface area contributed by atoms with Crippen molar-refractivity contribution in [3.8, 4) is 0 Å². The van der Waals surface area contributed by atoms with Crippen LogP contribution in [-0.4, -0.2) is 23.7 Å². The van der Waals surface area contributed by atoms with E-state index < -0.39 is 0 Å². The summed E-state index contributed by atoms with van der Waals surface area (Å²) in [6, 6.07) is -0.0811. The van der Waals surface area contributed by atoms with Gasteiger partial charge in [0, 0.05) is 0 Å². The Kier molecular flexibility index (Phi) is 3.34. The van der Waals surface area contributed by atoms with Crippen LogP contribution < -0.4 is 10.6 Å². The maximum absolute atomic E-state index is 11.8. The Morgan fingerprint density at radius 1 is 1.53 bits per heavy atom. The van der Waals surface area contributed by atoms with Crippen molar-refractivity contribution in [2.24, 2.45) is 0 Å². The minimum absolute atomic E-state index is 0.0000926. The van der Waals surface area contributed by atoms with E-state index in [-0.39, 0.29) is 11.9 Å². The molecule has 1 aliphatic rings. The Bertz CT molecular complexity index is 302. The van der Waals surface area contributed by atoms with Crippen molar-refractivity contribution in [2.45, 2.75) is 31.7 Å². The highest BCUT2D eigenvalue weighted by Gasteiger charge is 2.19. The van der Waals surface area contributed by atoms with E-state index in [1.807, 2.05) is 0 Å². The highest BCUT2D eigenvalue weighted by Crippen LogP contribution is 2.11. The van der Waals surface area contributed by atoms with Gasteiger partial charge in [0.15, 0.2) is 0 Å². The molecule has 1 amide bonds. The molecule has 2 rings (SSSR count). The van der Waals surface area contributed by atoms with Crippen molar-refractivity contribution in [3.05, 3.63) is 12.5 Å². The summed E-state index contributed by atoms with van der Waals surface area (Å²) in [5.41, 5.74) is 0.617. The number of hydrogen-bond acceptors (Lipinski definition) is 4. The zero-order chi connectivity index (χ0) is 10.5. The maximum atomic E-state index is 11.8. The number of nitrogens with zero attached hydrogens (tertiary/aromatic N) is 1. The summed E-state index contributed by atoms with van der Waals surface area (Å²) < 4.78 is 4.64. The SMILES string of the molecule is O=C(Nc1cnoc1)C1CCCCCN1. The number of hydrogen-bond donors (Lipinski definition) is 2. The second-order valence-electron chi connectivity index (χ2n) is 3.76. The van der Waals surface area contributed by atoms with Gasteiger partial charge in [-0.05, 0) is 19.4 Å². The molecule has 15 heavy (non-hydrogen) atoms. The van der Waals surface area contributed by atoms with Gasteiger partial charge in [0.25, 0.3) is 0 Å². The van der Waals surface area contributed by atoms with Gasteiger partial charge in [0.05, 0.1) is 12.2 Å². The standard InChI is InChI=1S/C10H15N3O2/c14-10(13-8-6-12-15-7-8)9-4-2-1-3-5-11-9/h6-7,9,11H,1-5H2,(H,13,14). The number of aromatic nitrogens is 1. The van der Waals surface area contributed by atoms with Crippen LogP contribution in [0.4, 0.5) is 5.69 Å². The van der Waals surface area contributed by atoms with E-state index >= 15 is 0 Å². The first-order chi connectivity index (χ1) is 7.36. The molecule has 1 aromatic rings. The number of anilines is 1. The van der Waals surface area contributed by atoms with Crippen LogP contribution in [0.2, 0.25) is 0 Å². The van der Waals surface area contributed by atoms with Gasteiger partial charge in [-0.2, -0.15) is 0 Å². The fourth-order valence-corrected chi connectivity index (χ4v) is 1.75. The number of carbonyl (C=O) groups excluding carboxylic acids is 1. The molecule has 0 radical (unpaired) electrons. The van der Waals surface area contributed by atoms with Crippen LogP contribution >= 0.6 is 0 Å². The summed E-state index contributed by atoms with van der Waals surface area (Å²) in [5, 5.41) is 9.52. The van der Waals surface area contributed by atoms with Crippen LogP contribution in [0.5, 0.6) is 0 Å². The fraction of sp³-hybridized carbons (Fsp3) is 0.600. The van der Waals surface area contributed by atoms with Gasteiger partial charge < -0.3 is 15.2 Å². The number of rotatable bonds is 2. The van der Waals surface area contributed by atoms with E-state index in [0.717, 1.165) is 25.8 Å². The molecule has 1 saturated heterocycles. The summed E-state index contributed by atoms with van der Waals surface area (Å²) in [6.45, 7) is 0.918. The van der Waals surface area contributed by atoms with Crippen LogP contribution in [0.15, 0.2) is 17.0 Å². The topological polar surface area (TPSA) is 67.2 Å². The van der Waals surface area contributed by atoms with E-state index in [1.54, 1.807) is 0 Å². The molecule has 1 unspecified atom stereocenters. The molecular weight excluding hydrogens is 194 g/mol. The van der Waals surface area contributed by atoms with Crippen LogP contribution in [0.25, 0.3) is 0 Å². The van der Waals surface area contributed by atoms with Crippen LogP contribution in [0.3, 0.4) is 0 Å². The third kappa shape index (κ3) is 2.79. The molecule has 0 saturated carbocycles. The third-order valence-electron chi connectivity index (χ3n) is 2.58. The van der Waals surface area contributed by atoms with E-state index in [4.69, 9.17) is 0 Å². The minimum Gasteiger partial charge on any atom is -0.363 e. The van der Waals surface area contributed by atoms with E-state index in [0.29, 0.717) is 5.69 Å². The zero-order valence-electron chi connectivity index (χ0n) is 8.53. The van der Waals surface area contributed by atoms with E-state index in [2.05, 4.69) is 20.3 Å². The quantitative estimate of drug-likeness (QED) is 0.766. The van der Waals surface area contributed by atoms with Crippen LogP contribution in [0, 0.1) is 0 Å². The third-order valence-corrected chi connectivity index (χ3v) is 2.58. The second-order valence-corrected chi connectivity index (χ2v) is 3.76. The lowest BCUT2D eigenvalue weighted by Crippen LogP contribution is -2.39. The maximum Gasteiger partial charge on any atom is 0.241 e. The molecule has 2 N–H and O–H groups in total. The number of carbonyl (C=O) groups is 1. The summed E-state index contributed by atoms with van der Waals surface area (Å²) in [4.78, 5) is 11.8. The Hall–Kier alpha value is -1.36. The van der Waals surface area contributed by atoms with E-state index in [1.165, 1.54) is 18.9 Å². The molecule has 1 atom stereocenters. The van der Waals surface area contributed by atoms with E-state index in [9.17, 15) is 4.79 Å². The molecular formula is C10H15N3O2. The van der Waals surface area contributed by atoms with Gasteiger partial charge >= 0.3 is 0 Å². The molecule has 5 nitrogen and oxygen atoms in total. The predicted molar refractivity (Wildman–Crippen MR) is 55.4 cm³/mol. The molecule has 0 aromatic carbocycles. The van der Waals surface area contributed by atoms with Crippen molar-refractivity contribution in [1.29, 1.82) is 0 Å². The van der Waals surface area contributed by atoms with Gasteiger partial charge in [-0.15, -0.1) is 0 Å². The zero-order valence-corrected chi connectivity index (χ0v) is 8.53. The summed E-state index contributed by atoms with van der Waals surface area (Å²) in [7, 11) is 0. The highest BCUT2D eigenvalue weighted by molar-refractivity contribution is 5.94. The van der Waals surface area contributed by atoms with Gasteiger partial charge in [-0.3, -0.25) is 4.79 Å². The Morgan fingerprint density at radius 3 is 3.27 bits per heavy atom. The highest BCUT2D eigenvalue weighted by atomic mass is 16.5. The molecule has 0 aliphatic carbocycles. The summed E-state index contributed by atoms with van der Waals surface area (Å²) in [6.07, 6.45) is 7.27. The van der Waals surface area contributed by atoms with Crippen LogP contribution in [0.1, 0.15) is 25.7 Å². The lowest BCUT2D eigenvalue weighted by atomic mass is 10.1. The first-order valence-electron chi connectivity index (χ1n) is 5.30. The van der Waals surface area contributed by atoms with Gasteiger partial charge in [-0.1, -0.05) is 18.0 Å². The molecule has 0 spiro atoms. The molecule has 1 aliphatic heterocycles. The number of nitrogens with one attached hydrogen (secondary N) is 2. The van der Waals surface area contributed by atoms with Crippen molar-refractivity contribution < 1.29 is 9.32 Å². The fourth-order valence-electron chi connectivity index (χ4n) is 1.75. The lowest BCUT2D eigenvalue weighted by molar-refractivity contribution is -0.118. The lowest BCUT2D eigenvalue weighted by Gasteiger charge is -2.14. The average molecular weight is 209 g/mol. The smallest absolute Gasteiger partial charge is 0.241 e. The molecule has 1 fully saturated rings. The van der Waals surface area contributed by atoms with Crippen molar-refractivity contribution in [2.75, 3.05) is 11.9 Å². The molecule has 1 aromatic heterocycles. The molecule has 0 bridgehead atoms. The first-order valence-corrected chi connectivity index (χ1v) is 5.30. The molecule has 2 heterocycles. The predicted octanol–water partition coefficient (Wildman–Crippen LogP) is 1.15. The monoisotopic (exact) mass is 209 g/mol. The normalized spacial score (nSPS) is 22.0. The minimum atomic E-state index is -0.0811. The van der Waals surface area contributed by atoms with Gasteiger partial charge in [0.1, 0.15) is 12.0 Å². The number of amides is 1. The second kappa shape index (κ2) is 4.93. The largest absolute Gasteiger partial charge is 0.363 e. The van der Waals surface area contributed by atoms with Crippen LogP contribution in [-0.2, 0) is 4.79 Å². The Labute approximate surface area is 88.2 Å². The Balaban J connectivity index is 1.89. The van der Waals surface area contributed by atoms with Crippen molar-refractivity contribution in [1.82, 2.24) is 10.5 Å². The van der Waals surface area contributed by atoms with Gasteiger partial charge in [-0.25, -0.2) is 0 Å². The Morgan fingerprint density at radius 2 is 2.47 bits per heavy atom. The summed E-state index contributed by atoms with van der Waals surface area (Å²) >= 11 is 0. The van der Waals surface area contributed by atoms with Gasteiger partial charge in [0.2, 0.25) is 5.91 Å². The molecule has 82 valence electrons. The van der Waals surface area contributed by atoms with Crippen molar-refractivity contribution >= 4 is 11.6 Å². The first kappa shape index (κ1) is 10.2. The molecule has 5 heteroatoms. The summed E-state index contributed by atoms with van der Waals surface area (Å²) in [5.74, 6) is 0.0000926.